The van der Waals surface area contributed by atoms with Crippen molar-refractivity contribution < 1.29 is 4.79 Å². The third-order valence-electron chi connectivity index (χ3n) is 1.55. The lowest BCUT2D eigenvalue weighted by Crippen LogP contribution is -2.24. The lowest BCUT2D eigenvalue weighted by atomic mass is 10.3. The van der Waals surface area contributed by atoms with Crippen LogP contribution in [0.15, 0.2) is 18.0 Å². The SMILES string of the molecule is C=CC(=O)NC(C)c1nc(C)cs1. The van der Waals surface area contributed by atoms with Gasteiger partial charge in [0.05, 0.1) is 6.04 Å². The molecule has 1 amide bonds. The minimum absolute atomic E-state index is 0.0378. The van der Waals surface area contributed by atoms with Gasteiger partial charge in [-0.2, -0.15) is 0 Å². The number of carbonyl (C=O) groups is 1. The second-order valence-corrected chi connectivity index (χ2v) is 3.65. The predicted molar refractivity (Wildman–Crippen MR) is 53.6 cm³/mol. The Hall–Kier alpha value is -1.16. The molecule has 1 atom stereocenters. The molecule has 4 heteroatoms. The van der Waals surface area contributed by atoms with E-state index in [-0.39, 0.29) is 11.9 Å². The summed E-state index contributed by atoms with van der Waals surface area (Å²) in [5.41, 5.74) is 0.986. The number of aromatic nitrogens is 1. The Bertz CT molecular complexity index is 319. The van der Waals surface area contributed by atoms with Gasteiger partial charge in [-0.1, -0.05) is 6.58 Å². The van der Waals surface area contributed by atoms with Crippen LogP contribution in [-0.4, -0.2) is 10.9 Å². The summed E-state index contributed by atoms with van der Waals surface area (Å²) in [6, 6.07) is -0.0378. The van der Waals surface area contributed by atoms with Crippen LogP contribution in [0, 0.1) is 6.92 Å². The maximum atomic E-state index is 11.0. The fourth-order valence-electron chi connectivity index (χ4n) is 0.905. The Labute approximate surface area is 81.5 Å². The van der Waals surface area contributed by atoms with Crippen molar-refractivity contribution in [2.24, 2.45) is 0 Å². The van der Waals surface area contributed by atoms with Gasteiger partial charge in [0, 0.05) is 11.1 Å². The average molecular weight is 196 g/mol. The number of carbonyl (C=O) groups excluding carboxylic acids is 1. The van der Waals surface area contributed by atoms with Crippen LogP contribution in [0.4, 0.5) is 0 Å². The summed E-state index contributed by atoms with van der Waals surface area (Å²) in [6.45, 7) is 7.22. The molecule has 1 heterocycles. The fraction of sp³-hybridized carbons (Fsp3) is 0.333. The first kappa shape index (κ1) is 9.92. The van der Waals surface area contributed by atoms with Crippen LogP contribution in [0.2, 0.25) is 0 Å². The molecule has 0 spiro atoms. The van der Waals surface area contributed by atoms with E-state index >= 15 is 0 Å². The third kappa shape index (κ3) is 2.66. The molecule has 1 unspecified atom stereocenters. The quantitative estimate of drug-likeness (QED) is 0.749. The molecule has 0 saturated heterocycles. The van der Waals surface area contributed by atoms with Crippen LogP contribution in [0.25, 0.3) is 0 Å². The summed E-state index contributed by atoms with van der Waals surface area (Å²) in [6.07, 6.45) is 1.26. The summed E-state index contributed by atoms with van der Waals surface area (Å²) in [4.78, 5) is 15.2. The maximum absolute atomic E-state index is 11.0. The molecule has 13 heavy (non-hydrogen) atoms. The Morgan fingerprint density at radius 3 is 3.00 bits per heavy atom. The number of hydrogen-bond acceptors (Lipinski definition) is 3. The van der Waals surface area contributed by atoms with Crippen LogP contribution in [-0.2, 0) is 4.79 Å². The molecular formula is C9H12N2OS. The van der Waals surface area contributed by atoms with Gasteiger partial charge in [0.25, 0.3) is 0 Å². The first-order chi connectivity index (χ1) is 6.13. The molecule has 70 valence electrons. The van der Waals surface area contributed by atoms with E-state index < -0.39 is 0 Å². The van der Waals surface area contributed by atoms with Crippen molar-refractivity contribution in [2.45, 2.75) is 19.9 Å². The number of thiazole rings is 1. The lowest BCUT2D eigenvalue weighted by molar-refractivity contribution is -0.117. The van der Waals surface area contributed by atoms with Crippen LogP contribution < -0.4 is 5.32 Å². The average Bonchev–Trinajstić information content (AvgIpc) is 2.51. The van der Waals surface area contributed by atoms with Crippen molar-refractivity contribution >= 4 is 17.2 Å². The maximum Gasteiger partial charge on any atom is 0.243 e. The van der Waals surface area contributed by atoms with E-state index in [1.54, 1.807) is 11.3 Å². The first-order valence-electron chi connectivity index (χ1n) is 3.98. The largest absolute Gasteiger partial charge is 0.344 e. The molecule has 0 radical (unpaired) electrons. The molecule has 0 fully saturated rings. The second-order valence-electron chi connectivity index (χ2n) is 2.76. The standard InChI is InChI=1S/C9H12N2OS/c1-4-8(12)11-7(3)9-10-6(2)5-13-9/h4-5,7H,1H2,2-3H3,(H,11,12). The molecule has 0 bridgehead atoms. The molecule has 1 N–H and O–H groups in total. The van der Waals surface area contributed by atoms with Crippen molar-refractivity contribution in [3.63, 3.8) is 0 Å². The molecule has 3 nitrogen and oxygen atoms in total. The van der Waals surface area contributed by atoms with Crippen molar-refractivity contribution in [1.82, 2.24) is 10.3 Å². The Kier molecular flexibility index (Phi) is 3.19. The smallest absolute Gasteiger partial charge is 0.243 e. The summed E-state index contributed by atoms with van der Waals surface area (Å²) in [5.74, 6) is -0.166. The van der Waals surface area contributed by atoms with E-state index in [0.717, 1.165) is 10.7 Å². The van der Waals surface area contributed by atoms with Gasteiger partial charge in [0.15, 0.2) is 0 Å². The first-order valence-corrected chi connectivity index (χ1v) is 4.86. The summed E-state index contributed by atoms with van der Waals surface area (Å²) < 4.78 is 0. The summed E-state index contributed by atoms with van der Waals surface area (Å²) in [7, 11) is 0. The number of aryl methyl sites for hydroxylation is 1. The fourth-order valence-corrected chi connectivity index (χ4v) is 1.71. The van der Waals surface area contributed by atoms with Gasteiger partial charge >= 0.3 is 0 Å². The third-order valence-corrected chi connectivity index (χ3v) is 2.70. The number of nitrogens with zero attached hydrogens (tertiary/aromatic N) is 1. The molecule has 0 aliphatic heterocycles. The Morgan fingerprint density at radius 1 is 1.85 bits per heavy atom. The molecular weight excluding hydrogens is 184 g/mol. The van der Waals surface area contributed by atoms with Crippen molar-refractivity contribution in [3.8, 4) is 0 Å². The zero-order chi connectivity index (χ0) is 9.84. The predicted octanol–water partition coefficient (Wildman–Crippen LogP) is 1.81. The highest BCUT2D eigenvalue weighted by molar-refractivity contribution is 7.09. The van der Waals surface area contributed by atoms with E-state index in [0.29, 0.717) is 0 Å². The van der Waals surface area contributed by atoms with Crippen LogP contribution >= 0.6 is 11.3 Å². The highest BCUT2D eigenvalue weighted by Crippen LogP contribution is 2.16. The van der Waals surface area contributed by atoms with Crippen LogP contribution in [0.1, 0.15) is 23.7 Å². The number of hydrogen-bond donors (Lipinski definition) is 1. The Morgan fingerprint density at radius 2 is 2.54 bits per heavy atom. The minimum atomic E-state index is -0.166. The zero-order valence-electron chi connectivity index (χ0n) is 7.70. The number of nitrogens with one attached hydrogen (secondary N) is 1. The normalized spacial score (nSPS) is 12.2. The van der Waals surface area contributed by atoms with Gasteiger partial charge in [-0.15, -0.1) is 11.3 Å². The summed E-state index contributed by atoms with van der Waals surface area (Å²) in [5, 5.41) is 5.64. The highest BCUT2D eigenvalue weighted by atomic mass is 32.1. The molecule has 1 aromatic rings. The van der Waals surface area contributed by atoms with E-state index in [2.05, 4.69) is 16.9 Å². The van der Waals surface area contributed by atoms with Gasteiger partial charge < -0.3 is 5.32 Å². The topological polar surface area (TPSA) is 42.0 Å². The van der Waals surface area contributed by atoms with Gasteiger partial charge in [-0.3, -0.25) is 4.79 Å². The van der Waals surface area contributed by atoms with E-state index in [1.165, 1.54) is 6.08 Å². The van der Waals surface area contributed by atoms with Gasteiger partial charge in [0.2, 0.25) is 5.91 Å². The second kappa shape index (κ2) is 4.18. The van der Waals surface area contributed by atoms with E-state index in [1.807, 2.05) is 19.2 Å². The molecule has 1 rings (SSSR count). The molecule has 0 aromatic carbocycles. The van der Waals surface area contributed by atoms with Crippen LogP contribution in [0.3, 0.4) is 0 Å². The van der Waals surface area contributed by atoms with E-state index in [4.69, 9.17) is 0 Å². The molecule has 0 aliphatic rings. The Balaban J connectivity index is 2.63. The summed E-state index contributed by atoms with van der Waals surface area (Å²) >= 11 is 1.55. The monoisotopic (exact) mass is 196 g/mol. The molecule has 0 aliphatic carbocycles. The van der Waals surface area contributed by atoms with Gasteiger partial charge in [-0.05, 0) is 19.9 Å². The van der Waals surface area contributed by atoms with Crippen molar-refractivity contribution in [1.29, 1.82) is 0 Å². The van der Waals surface area contributed by atoms with Crippen LogP contribution in [0.5, 0.6) is 0 Å². The molecule has 1 aromatic heterocycles. The number of rotatable bonds is 3. The van der Waals surface area contributed by atoms with Gasteiger partial charge in [0.1, 0.15) is 5.01 Å². The molecule has 0 saturated carbocycles. The lowest BCUT2D eigenvalue weighted by Gasteiger charge is -2.08. The highest BCUT2D eigenvalue weighted by Gasteiger charge is 2.09. The van der Waals surface area contributed by atoms with Gasteiger partial charge in [-0.25, -0.2) is 4.98 Å². The van der Waals surface area contributed by atoms with E-state index in [9.17, 15) is 4.79 Å². The van der Waals surface area contributed by atoms with Crippen molar-refractivity contribution in [3.05, 3.63) is 28.7 Å². The van der Waals surface area contributed by atoms with Crippen molar-refractivity contribution in [2.75, 3.05) is 0 Å². The zero-order valence-corrected chi connectivity index (χ0v) is 8.52. The number of amides is 1. The minimum Gasteiger partial charge on any atom is -0.344 e.